The molecule has 0 heterocycles. The molecule has 94 valence electrons. The number of anilines is 1. The maximum absolute atomic E-state index is 12.5. The molecule has 1 aliphatic carbocycles. The van der Waals surface area contributed by atoms with E-state index in [1.54, 1.807) is 37.4 Å². The van der Waals surface area contributed by atoms with Crippen molar-refractivity contribution in [2.75, 3.05) is 12.4 Å². The van der Waals surface area contributed by atoms with E-state index < -0.39 is 0 Å². The summed E-state index contributed by atoms with van der Waals surface area (Å²) in [4.78, 5) is 24.9. The van der Waals surface area contributed by atoms with Crippen LogP contribution in [0.15, 0.2) is 36.4 Å². The first-order chi connectivity index (χ1) is 9.15. The van der Waals surface area contributed by atoms with E-state index in [1.807, 2.05) is 0 Å². The number of rotatable bonds is 1. The van der Waals surface area contributed by atoms with Crippen molar-refractivity contribution in [2.45, 2.75) is 0 Å². The summed E-state index contributed by atoms with van der Waals surface area (Å²) in [7, 11) is 1.69. The molecule has 0 aromatic heterocycles. The summed E-state index contributed by atoms with van der Waals surface area (Å²) in [5.74, 6) is -0.724. The SMILES string of the molecule is CNc1cccc2c1C(=O)c1c(O)cccc1C2=O. The van der Waals surface area contributed by atoms with Crippen LogP contribution in [0.4, 0.5) is 5.69 Å². The Morgan fingerprint density at radius 1 is 0.895 bits per heavy atom. The third kappa shape index (κ3) is 1.46. The second-order valence-corrected chi connectivity index (χ2v) is 4.34. The van der Waals surface area contributed by atoms with Gasteiger partial charge in [-0.15, -0.1) is 0 Å². The molecule has 0 aliphatic heterocycles. The Morgan fingerprint density at radius 3 is 2.21 bits per heavy atom. The lowest BCUT2D eigenvalue weighted by atomic mass is 9.83. The Morgan fingerprint density at radius 2 is 1.53 bits per heavy atom. The molecular formula is C15H11NO3. The van der Waals surface area contributed by atoms with Gasteiger partial charge in [0.2, 0.25) is 0 Å². The summed E-state index contributed by atoms with van der Waals surface area (Å²) >= 11 is 0. The number of carbonyl (C=O) groups excluding carboxylic acids is 2. The maximum Gasteiger partial charge on any atom is 0.200 e. The molecule has 2 aromatic rings. The van der Waals surface area contributed by atoms with E-state index in [4.69, 9.17) is 0 Å². The number of aromatic hydroxyl groups is 1. The molecule has 0 fully saturated rings. The summed E-state index contributed by atoms with van der Waals surface area (Å²) < 4.78 is 0. The highest BCUT2D eigenvalue weighted by Crippen LogP contribution is 2.35. The van der Waals surface area contributed by atoms with Crippen LogP contribution in [0.25, 0.3) is 0 Å². The number of phenols is 1. The minimum Gasteiger partial charge on any atom is -0.507 e. The van der Waals surface area contributed by atoms with Crippen LogP contribution in [0.2, 0.25) is 0 Å². The summed E-state index contributed by atoms with van der Waals surface area (Å²) in [6.45, 7) is 0. The van der Waals surface area contributed by atoms with Gasteiger partial charge in [-0.3, -0.25) is 9.59 Å². The van der Waals surface area contributed by atoms with E-state index in [1.165, 1.54) is 6.07 Å². The molecule has 2 aromatic carbocycles. The minimum atomic E-state index is -0.326. The highest BCUT2D eigenvalue weighted by atomic mass is 16.3. The molecule has 4 heteroatoms. The van der Waals surface area contributed by atoms with Crippen molar-refractivity contribution in [1.82, 2.24) is 0 Å². The van der Waals surface area contributed by atoms with Crippen molar-refractivity contribution in [3.8, 4) is 5.75 Å². The van der Waals surface area contributed by atoms with E-state index in [2.05, 4.69) is 5.32 Å². The number of hydrogen-bond donors (Lipinski definition) is 2. The zero-order valence-electron chi connectivity index (χ0n) is 10.2. The van der Waals surface area contributed by atoms with Crippen LogP contribution in [-0.2, 0) is 0 Å². The van der Waals surface area contributed by atoms with Crippen molar-refractivity contribution >= 4 is 17.3 Å². The predicted octanol–water partition coefficient (Wildman–Crippen LogP) is 2.21. The number of nitrogens with one attached hydrogen (secondary N) is 1. The lowest BCUT2D eigenvalue weighted by molar-refractivity contribution is 0.0977. The molecule has 0 unspecified atom stereocenters. The quantitative estimate of drug-likeness (QED) is 0.697. The molecule has 4 nitrogen and oxygen atoms in total. The van der Waals surface area contributed by atoms with Crippen LogP contribution in [0.5, 0.6) is 5.75 Å². The van der Waals surface area contributed by atoms with Crippen molar-refractivity contribution < 1.29 is 14.7 Å². The third-order valence-corrected chi connectivity index (χ3v) is 3.32. The van der Waals surface area contributed by atoms with Gasteiger partial charge >= 0.3 is 0 Å². The van der Waals surface area contributed by atoms with Gasteiger partial charge in [-0.05, 0) is 12.1 Å². The van der Waals surface area contributed by atoms with Gasteiger partial charge in [0.05, 0.1) is 11.1 Å². The van der Waals surface area contributed by atoms with Gasteiger partial charge in [0.25, 0.3) is 0 Å². The van der Waals surface area contributed by atoms with Gasteiger partial charge in [0.1, 0.15) is 5.75 Å². The summed E-state index contributed by atoms with van der Waals surface area (Å²) in [5.41, 5.74) is 1.62. The van der Waals surface area contributed by atoms with E-state index in [-0.39, 0.29) is 28.4 Å². The molecular weight excluding hydrogens is 242 g/mol. The lowest BCUT2D eigenvalue weighted by Crippen LogP contribution is -2.22. The number of carbonyl (C=O) groups is 2. The first-order valence-electron chi connectivity index (χ1n) is 5.87. The zero-order valence-corrected chi connectivity index (χ0v) is 10.2. The van der Waals surface area contributed by atoms with Crippen LogP contribution in [-0.4, -0.2) is 23.7 Å². The van der Waals surface area contributed by atoms with Crippen LogP contribution >= 0.6 is 0 Å². The molecule has 0 bridgehead atoms. The molecule has 0 radical (unpaired) electrons. The molecule has 2 N–H and O–H groups in total. The molecule has 0 amide bonds. The van der Waals surface area contributed by atoms with Crippen LogP contribution in [0, 0.1) is 0 Å². The van der Waals surface area contributed by atoms with Crippen molar-refractivity contribution in [3.05, 3.63) is 58.7 Å². The van der Waals surface area contributed by atoms with Gasteiger partial charge in [-0.1, -0.05) is 24.3 Å². The van der Waals surface area contributed by atoms with Crippen molar-refractivity contribution in [3.63, 3.8) is 0 Å². The second-order valence-electron chi connectivity index (χ2n) is 4.34. The monoisotopic (exact) mass is 253 g/mol. The molecule has 3 rings (SSSR count). The van der Waals surface area contributed by atoms with Gasteiger partial charge in [0.15, 0.2) is 11.6 Å². The Labute approximate surface area is 109 Å². The third-order valence-electron chi connectivity index (χ3n) is 3.32. The van der Waals surface area contributed by atoms with Crippen molar-refractivity contribution in [1.29, 1.82) is 0 Å². The topological polar surface area (TPSA) is 66.4 Å². The number of hydrogen-bond acceptors (Lipinski definition) is 4. The predicted molar refractivity (Wildman–Crippen MR) is 71.0 cm³/mol. The minimum absolute atomic E-state index is 0.0858. The van der Waals surface area contributed by atoms with Crippen LogP contribution < -0.4 is 5.32 Å². The van der Waals surface area contributed by atoms with E-state index >= 15 is 0 Å². The van der Waals surface area contributed by atoms with Gasteiger partial charge in [0, 0.05) is 23.9 Å². The first-order valence-corrected chi connectivity index (χ1v) is 5.87. The number of fused-ring (bicyclic) bond motifs is 2. The van der Waals surface area contributed by atoms with Gasteiger partial charge < -0.3 is 10.4 Å². The van der Waals surface area contributed by atoms with E-state index in [9.17, 15) is 14.7 Å². The molecule has 0 saturated heterocycles. The smallest absolute Gasteiger partial charge is 0.200 e. The van der Waals surface area contributed by atoms with Crippen molar-refractivity contribution in [2.24, 2.45) is 0 Å². The Balaban J connectivity index is 2.37. The zero-order chi connectivity index (χ0) is 13.6. The molecule has 1 aliphatic rings. The maximum atomic E-state index is 12.5. The number of ketones is 2. The highest BCUT2D eigenvalue weighted by molar-refractivity contribution is 6.31. The van der Waals surface area contributed by atoms with E-state index in [0.29, 0.717) is 16.8 Å². The Hall–Kier alpha value is -2.62. The largest absolute Gasteiger partial charge is 0.507 e. The average Bonchev–Trinajstić information content (AvgIpc) is 2.43. The fourth-order valence-electron chi connectivity index (χ4n) is 2.43. The molecule has 0 spiro atoms. The molecule has 0 atom stereocenters. The summed E-state index contributed by atoms with van der Waals surface area (Å²) in [5, 5.41) is 12.7. The standard InChI is InChI=1S/C15H11NO3/c1-16-10-6-2-4-8-12(10)15(19)13-9(14(8)18)5-3-7-11(13)17/h2-7,16-17H,1H3. The molecule has 0 saturated carbocycles. The first kappa shape index (κ1) is 11.5. The summed E-state index contributed by atoms with van der Waals surface area (Å²) in [6.07, 6.45) is 0. The van der Waals surface area contributed by atoms with Crippen LogP contribution in [0.1, 0.15) is 31.8 Å². The average molecular weight is 253 g/mol. The number of benzene rings is 2. The fraction of sp³-hybridized carbons (Fsp3) is 0.0667. The van der Waals surface area contributed by atoms with Gasteiger partial charge in [-0.25, -0.2) is 0 Å². The van der Waals surface area contributed by atoms with Crippen LogP contribution in [0.3, 0.4) is 0 Å². The van der Waals surface area contributed by atoms with Gasteiger partial charge in [-0.2, -0.15) is 0 Å². The fourth-order valence-corrected chi connectivity index (χ4v) is 2.43. The summed E-state index contributed by atoms with van der Waals surface area (Å²) in [6, 6.07) is 9.62. The van der Waals surface area contributed by atoms with E-state index in [0.717, 1.165) is 0 Å². The lowest BCUT2D eigenvalue weighted by Gasteiger charge is -2.20. The normalized spacial score (nSPS) is 12.9. The highest BCUT2D eigenvalue weighted by Gasteiger charge is 2.33. The molecule has 19 heavy (non-hydrogen) atoms. The second kappa shape index (κ2) is 3.95. The Bertz CT molecular complexity index is 719. The Kier molecular flexibility index (Phi) is 2.38. The number of phenolic OH excluding ortho intramolecular Hbond substituents is 1.